The molecule has 0 bridgehead atoms. The lowest BCUT2D eigenvalue weighted by atomic mass is 9.79. The quantitative estimate of drug-likeness (QED) is 0.145. The molecule has 2 N–H and O–H groups in total. The van der Waals surface area contributed by atoms with Gasteiger partial charge in [0.2, 0.25) is 0 Å². The van der Waals surface area contributed by atoms with Crippen molar-refractivity contribution in [2.75, 3.05) is 0 Å². The second-order valence-electron chi connectivity index (χ2n) is 10.4. The Bertz CT molecular complexity index is 1790. The number of pyridine rings is 1. The second-order valence-corrected chi connectivity index (χ2v) is 10.9. The third kappa shape index (κ3) is 8.56. The first-order chi connectivity index (χ1) is 22.4. The summed E-state index contributed by atoms with van der Waals surface area (Å²) < 4.78 is 127. The van der Waals surface area contributed by atoms with Crippen LogP contribution >= 0.6 is 11.6 Å². The molecule has 0 saturated heterocycles. The number of aryl methyl sites for hydroxylation is 1. The number of alkyl halides is 7. The van der Waals surface area contributed by atoms with Crippen LogP contribution in [0.2, 0.25) is 5.02 Å². The van der Waals surface area contributed by atoms with Gasteiger partial charge in [0.05, 0.1) is 16.3 Å². The van der Waals surface area contributed by atoms with E-state index in [0.29, 0.717) is 29.3 Å². The smallest absolute Gasteiger partial charge is 0.461 e. The predicted molar refractivity (Wildman–Crippen MR) is 153 cm³/mol. The fourth-order valence-electron chi connectivity index (χ4n) is 4.75. The molecule has 4 rings (SSSR count). The molecule has 16 heteroatoms. The molecule has 1 aromatic heterocycles. The highest BCUT2D eigenvalue weighted by atomic mass is 35.5. The Morgan fingerprint density at radius 3 is 2.15 bits per heavy atom. The number of amides is 1. The van der Waals surface area contributed by atoms with E-state index < -0.39 is 76.6 Å². The van der Waals surface area contributed by atoms with E-state index in [2.05, 4.69) is 15.0 Å². The van der Waals surface area contributed by atoms with Gasteiger partial charge in [0.15, 0.2) is 0 Å². The van der Waals surface area contributed by atoms with Crippen LogP contribution in [-0.4, -0.2) is 34.5 Å². The molecule has 0 aliphatic heterocycles. The van der Waals surface area contributed by atoms with Crippen molar-refractivity contribution < 1.29 is 58.9 Å². The van der Waals surface area contributed by atoms with Crippen LogP contribution in [0.3, 0.4) is 0 Å². The van der Waals surface area contributed by atoms with Gasteiger partial charge >= 0.3 is 24.7 Å². The van der Waals surface area contributed by atoms with Gasteiger partial charge in [0.1, 0.15) is 22.9 Å². The number of carbonyl (C=O) groups is 2. The highest BCUT2D eigenvalue weighted by Gasteiger charge is 2.45. The van der Waals surface area contributed by atoms with Crippen LogP contribution in [0.4, 0.5) is 39.5 Å². The van der Waals surface area contributed by atoms with E-state index in [1.807, 2.05) is 0 Å². The molecule has 254 valence electrons. The van der Waals surface area contributed by atoms with Crippen LogP contribution in [0.25, 0.3) is 0 Å². The molecule has 1 heterocycles. The average Bonchev–Trinajstić information content (AvgIpc) is 2.99. The number of rotatable bonds is 12. The number of aliphatic carboxylic acids is 1. The van der Waals surface area contributed by atoms with Crippen LogP contribution in [0.5, 0.6) is 5.75 Å². The molecule has 0 aliphatic rings. The summed E-state index contributed by atoms with van der Waals surface area (Å²) in [7, 11) is 0. The van der Waals surface area contributed by atoms with Crippen LogP contribution < -0.4 is 10.1 Å². The number of hydrogen-bond acceptors (Lipinski definition) is 4. The Labute approximate surface area is 271 Å². The number of nitrogens with zero attached hydrogens (tertiary/aromatic N) is 1. The minimum Gasteiger partial charge on any atom is -0.481 e. The van der Waals surface area contributed by atoms with Crippen molar-refractivity contribution in [2.45, 2.75) is 43.5 Å². The standard InChI is InChI=1S/C32H22ClF9N2O4/c33-21-7-9-26(43-16-21)30(15-18-3-1-17(2-4-18)5-10-27(45)46,20-12-22(34)14-23(13-20)48-32(41,42)29(36)37)44-28(47)19-6-8-25(35)24(11-19)31(38,39)40/h1-4,6-9,11-14,16,29H,5,10,15H2,(H,44,47)(H,45,46). The Balaban J connectivity index is 1.94. The van der Waals surface area contributed by atoms with Crippen molar-refractivity contribution >= 4 is 23.5 Å². The van der Waals surface area contributed by atoms with Gasteiger partial charge in [-0.2, -0.15) is 30.7 Å². The van der Waals surface area contributed by atoms with Crippen molar-refractivity contribution in [1.82, 2.24) is 10.3 Å². The summed E-state index contributed by atoms with van der Waals surface area (Å²) in [6, 6.07) is 11.7. The lowest BCUT2D eigenvalue weighted by molar-refractivity contribution is -0.253. The van der Waals surface area contributed by atoms with Crippen molar-refractivity contribution in [3.63, 3.8) is 0 Å². The highest BCUT2D eigenvalue weighted by molar-refractivity contribution is 6.30. The van der Waals surface area contributed by atoms with Crippen molar-refractivity contribution in [3.8, 4) is 5.75 Å². The van der Waals surface area contributed by atoms with Crippen molar-refractivity contribution in [1.29, 1.82) is 0 Å². The highest BCUT2D eigenvalue weighted by Crippen LogP contribution is 2.38. The van der Waals surface area contributed by atoms with Crippen molar-refractivity contribution in [2.24, 2.45) is 0 Å². The zero-order chi connectivity index (χ0) is 35.4. The molecule has 0 saturated carbocycles. The SMILES string of the molecule is O=C(O)CCc1ccc(CC(NC(=O)c2ccc(F)c(C(F)(F)F)c2)(c2cc(F)cc(OC(F)(F)C(F)F)c2)c2ccc(Cl)cn2)cc1. The maximum absolute atomic E-state index is 15.1. The zero-order valence-corrected chi connectivity index (χ0v) is 24.9. The van der Waals surface area contributed by atoms with Gasteiger partial charge in [0.25, 0.3) is 5.91 Å². The van der Waals surface area contributed by atoms with Gasteiger partial charge in [-0.1, -0.05) is 35.9 Å². The average molecular weight is 705 g/mol. The zero-order valence-electron chi connectivity index (χ0n) is 24.1. The molecule has 1 unspecified atom stereocenters. The van der Waals surface area contributed by atoms with E-state index in [1.54, 1.807) is 0 Å². The number of ether oxygens (including phenoxy) is 1. The molecule has 0 fully saturated rings. The molecule has 0 aliphatic carbocycles. The summed E-state index contributed by atoms with van der Waals surface area (Å²) >= 11 is 6.00. The molecular formula is C32H22ClF9N2O4. The van der Waals surface area contributed by atoms with E-state index >= 15 is 4.39 Å². The number of nitrogens with one attached hydrogen (secondary N) is 1. The van der Waals surface area contributed by atoms with Crippen molar-refractivity contribution in [3.05, 3.63) is 129 Å². The topological polar surface area (TPSA) is 88.5 Å². The molecule has 48 heavy (non-hydrogen) atoms. The lowest BCUT2D eigenvalue weighted by Crippen LogP contribution is -2.49. The van der Waals surface area contributed by atoms with E-state index in [4.69, 9.17) is 16.7 Å². The molecule has 0 radical (unpaired) electrons. The van der Waals surface area contributed by atoms with Gasteiger partial charge < -0.3 is 15.2 Å². The van der Waals surface area contributed by atoms with Gasteiger partial charge in [-0.15, -0.1) is 0 Å². The van der Waals surface area contributed by atoms with Crippen LogP contribution in [-0.2, 0) is 29.4 Å². The number of halogens is 10. The third-order valence-corrected chi connectivity index (χ3v) is 7.24. The monoisotopic (exact) mass is 704 g/mol. The molecule has 4 aromatic rings. The second kappa shape index (κ2) is 14.1. The number of benzene rings is 3. The minimum absolute atomic E-state index is 0.0648. The number of carboxylic acids is 1. The summed E-state index contributed by atoms with van der Waals surface area (Å²) in [5.74, 6) is -6.44. The number of carboxylic acid groups (broad SMARTS) is 1. The maximum Gasteiger partial charge on any atom is 0.461 e. The molecular weight excluding hydrogens is 683 g/mol. The summed E-state index contributed by atoms with van der Waals surface area (Å²) in [6.45, 7) is 0. The maximum atomic E-state index is 15.1. The number of hydrogen-bond donors (Lipinski definition) is 2. The number of carbonyl (C=O) groups excluding carboxylic acids is 1. The van der Waals surface area contributed by atoms with Crippen LogP contribution in [0.15, 0.2) is 79.0 Å². The van der Waals surface area contributed by atoms with E-state index in [0.717, 1.165) is 18.3 Å². The van der Waals surface area contributed by atoms with E-state index in [9.17, 15) is 44.7 Å². The number of aromatic nitrogens is 1. The third-order valence-electron chi connectivity index (χ3n) is 7.02. The van der Waals surface area contributed by atoms with Gasteiger partial charge in [-0.25, -0.2) is 8.78 Å². The fraction of sp³-hybridized carbons (Fsp3) is 0.219. The fourth-order valence-corrected chi connectivity index (χ4v) is 4.86. The minimum atomic E-state index is -5.21. The first kappa shape index (κ1) is 36.1. The molecule has 1 atom stereocenters. The summed E-state index contributed by atoms with van der Waals surface area (Å²) in [5.41, 5.74) is -4.41. The van der Waals surface area contributed by atoms with Gasteiger partial charge in [-0.05, 0) is 65.6 Å². The Morgan fingerprint density at radius 1 is 0.896 bits per heavy atom. The van der Waals surface area contributed by atoms with E-state index in [-0.39, 0.29) is 29.6 Å². The Morgan fingerprint density at radius 2 is 1.56 bits per heavy atom. The van der Waals surface area contributed by atoms with Crippen LogP contribution in [0, 0.1) is 11.6 Å². The Hall–Kier alpha value is -4.79. The first-order valence-corrected chi connectivity index (χ1v) is 14.0. The molecule has 1 amide bonds. The molecule has 6 nitrogen and oxygen atoms in total. The summed E-state index contributed by atoms with van der Waals surface area (Å²) in [5, 5.41) is 11.5. The summed E-state index contributed by atoms with van der Waals surface area (Å²) in [6.07, 6.45) is -14.0. The first-order valence-electron chi connectivity index (χ1n) is 13.7. The van der Waals surface area contributed by atoms with Crippen LogP contribution in [0.1, 0.15) is 44.7 Å². The Kier molecular flexibility index (Phi) is 10.6. The van der Waals surface area contributed by atoms with Gasteiger partial charge in [-0.3, -0.25) is 14.6 Å². The summed E-state index contributed by atoms with van der Waals surface area (Å²) in [4.78, 5) is 28.9. The molecule has 0 spiro atoms. The largest absolute Gasteiger partial charge is 0.481 e. The predicted octanol–water partition coefficient (Wildman–Crippen LogP) is 8.20. The van der Waals surface area contributed by atoms with Gasteiger partial charge in [0, 0.05) is 30.7 Å². The van der Waals surface area contributed by atoms with E-state index in [1.165, 1.54) is 36.4 Å². The normalized spacial score (nSPS) is 13.2. The molecule has 3 aromatic carbocycles. The lowest BCUT2D eigenvalue weighted by Gasteiger charge is -2.36.